The summed E-state index contributed by atoms with van der Waals surface area (Å²) in [5, 5.41) is 3.47. The number of aromatic nitrogens is 1. The van der Waals surface area contributed by atoms with Gasteiger partial charge >= 0.3 is 0 Å². The minimum atomic E-state index is -0.282. The van der Waals surface area contributed by atoms with Crippen molar-refractivity contribution in [3.63, 3.8) is 0 Å². The highest BCUT2D eigenvalue weighted by atomic mass is 19.1. The lowest BCUT2D eigenvalue weighted by atomic mass is 9.99. The highest BCUT2D eigenvalue weighted by Crippen LogP contribution is 2.19. The molecule has 0 fully saturated rings. The fraction of sp³-hybridized carbons (Fsp3) is 0.615. The second kappa shape index (κ2) is 5.94. The van der Waals surface area contributed by atoms with Gasteiger partial charge in [0.15, 0.2) is 0 Å². The molecule has 0 aliphatic heterocycles. The van der Waals surface area contributed by atoms with Gasteiger partial charge in [0.1, 0.15) is 5.82 Å². The summed E-state index contributed by atoms with van der Waals surface area (Å²) >= 11 is 0. The average Bonchev–Trinajstić information content (AvgIpc) is 2.20. The molecule has 0 spiro atoms. The standard InChI is InChI=1S/C13H21FN2/c1-9(2)7-16-13(10(3)4)12-6-5-11(14)8-15-12/h5-6,8-10,13,16H,7H2,1-4H3. The Hall–Kier alpha value is -0.960. The van der Waals surface area contributed by atoms with Gasteiger partial charge in [-0.25, -0.2) is 4.39 Å². The van der Waals surface area contributed by atoms with E-state index in [1.54, 1.807) is 6.07 Å². The summed E-state index contributed by atoms with van der Waals surface area (Å²) < 4.78 is 12.8. The predicted molar refractivity (Wildman–Crippen MR) is 64.6 cm³/mol. The van der Waals surface area contributed by atoms with Gasteiger partial charge in [0.2, 0.25) is 0 Å². The lowest BCUT2D eigenvalue weighted by Gasteiger charge is -2.23. The maximum atomic E-state index is 12.8. The summed E-state index contributed by atoms with van der Waals surface area (Å²) in [7, 11) is 0. The van der Waals surface area contributed by atoms with E-state index in [1.165, 1.54) is 12.3 Å². The fourth-order valence-electron chi connectivity index (χ4n) is 1.62. The topological polar surface area (TPSA) is 24.9 Å². The summed E-state index contributed by atoms with van der Waals surface area (Å²) in [6, 6.07) is 3.42. The fourth-order valence-corrected chi connectivity index (χ4v) is 1.62. The first-order chi connectivity index (χ1) is 7.50. The molecule has 1 heterocycles. The van der Waals surface area contributed by atoms with Crippen LogP contribution in [0.3, 0.4) is 0 Å². The van der Waals surface area contributed by atoms with Crippen LogP contribution in [-0.4, -0.2) is 11.5 Å². The molecule has 1 rings (SSSR count). The lowest BCUT2D eigenvalue weighted by Crippen LogP contribution is -2.29. The molecule has 1 unspecified atom stereocenters. The number of hydrogen-bond donors (Lipinski definition) is 1. The zero-order valence-corrected chi connectivity index (χ0v) is 10.5. The van der Waals surface area contributed by atoms with Gasteiger partial charge in [-0.2, -0.15) is 0 Å². The molecule has 0 bridgehead atoms. The molecule has 0 radical (unpaired) electrons. The third-order valence-corrected chi connectivity index (χ3v) is 2.48. The van der Waals surface area contributed by atoms with E-state index >= 15 is 0 Å². The van der Waals surface area contributed by atoms with Crippen molar-refractivity contribution in [2.45, 2.75) is 33.7 Å². The van der Waals surface area contributed by atoms with Crippen LogP contribution in [0.25, 0.3) is 0 Å². The molecule has 1 atom stereocenters. The van der Waals surface area contributed by atoms with Crippen LogP contribution in [0.1, 0.15) is 39.4 Å². The van der Waals surface area contributed by atoms with Crippen LogP contribution in [0.5, 0.6) is 0 Å². The summed E-state index contributed by atoms with van der Waals surface area (Å²) in [5.74, 6) is 0.758. The number of nitrogens with one attached hydrogen (secondary N) is 1. The monoisotopic (exact) mass is 224 g/mol. The zero-order valence-electron chi connectivity index (χ0n) is 10.5. The van der Waals surface area contributed by atoms with Crippen molar-refractivity contribution in [1.29, 1.82) is 0 Å². The van der Waals surface area contributed by atoms with E-state index in [0.29, 0.717) is 11.8 Å². The van der Waals surface area contributed by atoms with E-state index in [4.69, 9.17) is 0 Å². The van der Waals surface area contributed by atoms with E-state index in [2.05, 4.69) is 38.0 Å². The predicted octanol–water partition coefficient (Wildman–Crippen LogP) is 3.16. The van der Waals surface area contributed by atoms with Gasteiger partial charge in [-0.15, -0.1) is 0 Å². The number of nitrogens with zero attached hydrogens (tertiary/aromatic N) is 1. The molecular weight excluding hydrogens is 203 g/mol. The van der Waals surface area contributed by atoms with Gasteiger partial charge in [0.25, 0.3) is 0 Å². The summed E-state index contributed by atoms with van der Waals surface area (Å²) in [6.45, 7) is 9.57. The molecule has 0 aliphatic rings. The largest absolute Gasteiger partial charge is 0.308 e. The van der Waals surface area contributed by atoms with Crippen molar-refractivity contribution in [3.8, 4) is 0 Å². The lowest BCUT2D eigenvalue weighted by molar-refractivity contribution is 0.380. The highest BCUT2D eigenvalue weighted by Gasteiger charge is 2.16. The average molecular weight is 224 g/mol. The van der Waals surface area contributed by atoms with E-state index < -0.39 is 0 Å². The number of pyridine rings is 1. The Morgan fingerprint density at radius 2 is 1.94 bits per heavy atom. The smallest absolute Gasteiger partial charge is 0.141 e. The highest BCUT2D eigenvalue weighted by molar-refractivity contribution is 5.10. The van der Waals surface area contributed by atoms with Crippen LogP contribution >= 0.6 is 0 Å². The van der Waals surface area contributed by atoms with Crippen LogP contribution in [0, 0.1) is 17.7 Å². The van der Waals surface area contributed by atoms with Crippen molar-refractivity contribution < 1.29 is 4.39 Å². The van der Waals surface area contributed by atoms with Crippen molar-refractivity contribution in [1.82, 2.24) is 10.3 Å². The molecule has 1 N–H and O–H groups in total. The maximum absolute atomic E-state index is 12.8. The van der Waals surface area contributed by atoms with Gasteiger partial charge in [-0.1, -0.05) is 27.7 Å². The van der Waals surface area contributed by atoms with Crippen molar-refractivity contribution in [3.05, 3.63) is 29.8 Å². The Bertz CT molecular complexity index is 306. The van der Waals surface area contributed by atoms with Gasteiger partial charge < -0.3 is 5.32 Å². The Morgan fingerprint density at radius 1 is 1.25 bits per heavy atom. The Morgan fingerprint density at radius 3 is 2.38 bits per heavy atom. The number of rotatable bonds is 5. The first kappa shape index (κ1) is 13.1. The molecule has 0 amide bonds. The normalized spacial score (nSPS) is 13.4. The quantitative estimate of drug-likeness (QED) is 0.831. The van der Waals surface area contributed by atoms with E-state index in [9.17, 15) is 4.39 Å². The van der Waals surface area contributed by atoms with Crippen LogP contribution < -0.4 is 5.32 Å². The minimum Gasteiger partial charge on any atom is -0.308 e. The van der Waals surface area contributed by atoms with Gasteiger partial charge in [0.05, 0.1) is 17.9 Å². The van der Waals surface area contributed by atoms with Gasteiger partial charge in [-0.05, 0) is 30.5 Å². The van der Waals surface area contributed by atoms with Crippen LogP contribution in [0.15, 0.2) is 18.3 Å². The third kappa shape index (κ3) is 3.89. The molecule has 1 aromatic heterocycles. The molecule has 0 saturated heterocycles. The Balaban J connectivity index is 2.73. The second-order valence-electron chi connectivity index (χ2n) is 4.93. The molecule has 0 aromatic carbocycles. The van der Waals surface area contributed by atoms with Crippen LogP contribution in [0.2, 0.25) is 0 Å². The van der Waals surface area contributed by atoms with Crippen molar-refractivity contribution in [2.75, 3.05) is 6.54 Å². The van der Waals surface area contributed by atoms with Crippen molar-refractivity contribution in [2.24, 2.45) is 11.8 Å². The summed E-state index contributed by atoms with van der Waals surface area (Å²) in [6.07, 6.45) is 1.28. The van der Waals surface area contributed by atoms with Gasteiger partial charge in [-0.3, -0.25) is 4.98 Å². The maximum Gasteiger partial charge on any atom is 0.141 e. The molecule has 16 heavy (non-hydrogen) atoms. The molecule has 1 aromatic rings. The first-order valence-electron chi connectivity index (χ1n) is 5.85. The minimum absolute atomic E-state index is 0.197. The Labute approximate surface area is 97.3 Å². The number of hydrogen-bond acceptors (Lipinski definition) is 2. The third-order valence-electron chi connectivity index (χ3n) is 2.48. The van der Waals surface area contributed by atoms with Crippen LogP contribution in [-0.2, 0) is 0 Å². The van der Waals surface area contributed by atoms with Crippen LogP contribution in [0.4, 0.5) is 4.39 Å². The second-order valence-corrected chi connectivity index (χ2v) is 4.93. The molecule has 0 aliphatic carbocycles. The first-order valence-corrected chi connectivity index (χ1v) is 5.85. The summed E-state index contributed by atoms with van der Waals surface area (Å²) in [4.78, 5) is 4.14. The SMILES string of the molecule is CC(C)CNC(c1ccc(F)cn1)C(C)C. The molecule has 0 saturated carbocycles. The molecule has 2 nitrogen and oxygen atoms in total. The Kier molecular flexibility index (Phi) is 4.87. The molecular formula is C13H21FN2. The number of halogens is 1. The van der Waals surface area contributed by atoms with Crippen molar-refractivity contribution >= 4 is 0 Å². The molecule has 90 valence electrons. The summed E-state index contributed by atoms with van der Waals surface area (Å²) in [5.41, 5.74) is 0.914. The van der Waals surface area contributed by atoms with E-state index in [0.717, 1.165) is 12.2 Å². The zero-order chi connectivity index (χ0) is 12.1. The molecule has 3 heteroatoms. The van der Waals surface area contributed by atoms with Gasteiger partial charge in [0, 0.05) is 0 Å². The van der Waals surface area contributed by atoms with E-state index in [1.807, 2.05) is 0 Å². The van der Waals surface area contributed by atoms with E-state index in [-0.39, 0.29) is 11.9 Å².